The maximum absolute atomic E-state index is 12.2. The van der Waals surface area contributed by atoms with Gasteiger partial charge in [0.05, 0.1) is 11.1 Å². The molecule has 24 heavy (non-hydrogen) atoms. The molecule has 0 saturated carbocycles. The fourth-order valence-electron chi connectivity index (χ4n) is 1.98. The van der Waals surface area contributed by atoms with Crippen LogP contribution in [-0.2, 0) is 15.4 Å². The molecule has 0 spiro atoms. The van der Waals surface area contributed by atoms with Gasteiger partial charge in [-0.1, -0.05) is 48.8 Å². The predicted molar refractivity (Wildman–Crippen MR) is 98.9 cm³/mol. The van der Waals surface area contributed by atoms with Crippen molar-refractivity contribution in [1.82, 2.24) is 4.83 Å². The summed E-state index contributed by atoms with van der Waals surface area (Å²) in [5, 5.41) is 13.4. The number of aromatic hydroxyl groups is 1. The smallest absolute Gasteiger partial charge is 0.276 e. The van der Waals surface area contributed by atoms with Gasteiger partial charge in [-0.15, -0.1) is 0 Å². The highest BCUT2D eigenvalue weighted by Crippen LogP contribution is 2.23. The zero-order valence-corrected chi connectivity index (χ0v) is 16.0. The SMILES string of the molecule is CC(C)(C)c1ccc(S(=O)(=O)N/N=C/c2cc(Br)ccc2O)cc1. The maximum atomic E-state index is 12.2. The first-order valence-corrected chi connectivity index (χ1v) is 9.51. The van der Waals surface area contributed by atoms with Gasteiger partial charge in [0.25, 0.3) is 10.0 Å². The number of rotatable bonds is 4. The van der Waals surface area contributed by atoms with Crippen molar-refractivity contribution in [2.45, 2.75) is 31.1 Å². The minimum Gasteiger partial charge on any atom is -0.507 e. The summed E-state index contributed by atoms with van der Waals surface area (Å²) >= 11 is 3.28. The summed E-state index contributed by atoms with van der Waals surface area (Å²) in [5.74, 6) is 0.00989. The molecule has 2 N–H and O–H groups in total. The number of sulfonamides is 1. The standard InChI is InChI=1S/C17H19BrN2O3S/c1-17(2,3)13-4-7-15(8-5-13)24(22,23)20-19-11-12-10-14(18)6-9-16(12)21/h4-11,20-21H,1-3H3/b19-11+. The summed E-state index contributed by atoms with van der Waals surface area (Å²) in [5.41, 5.74) is 1.39. The number of phenolic OH excluding ortho intramolecular Hbond substituents is 1. The first-order valence-electron chi connectivity index (χ1n) is 7.23. The van der Waals surface area contributed by atoms with E-state index in [0.29, 0.717) is 5.56 Å². The molecule has 128 valence electrons. The summed E-state index contributed by atoms with van der Waals surface area (Å²) in [7, 11) is -3.76. The highest BCUT2D eigenvalue weighted by atomic mass is 79.9. The van der Waals surface area contributed by atoms with E-state index in [0.717, 1.165) is 10.0 Å². The largest absolute Gasteiger partial charge is 0.507 e. The van der Waals surface area contributed by atoms with Crippen LogP contribution in [0.1, 0.15) is 31.9 Å². The van der Waals surface area contributed by atoms with Gasteiger partial charge >= 0.3 is 0 Å². The van der Waals surface area contributed by atoms with Crippen molar-refractivity contribution < 1.29 is 13.5 Å². The molecular weight excluding hydrogens is 392 g/mol. The van der Waals surface area contributed by atoms with E-state index in [4.69, 9.17) is 0 Å². The maximum Gasteiger partial charge on any atom is 0.276 e. The Labute approximate surface area is 150 Å². The number of halogens is 1. The molecule has 0 saturated heterocycles. The van der Waals surface area contributed by atoms with Crippen molar-refractivity contribution in [3.8, 4) is 5.75 Å². The van der Waals surface area contributed by atoms with Crippen LogP contribution in [0.2, 0.25) is 0 Å². The second kappa shape index (κ2) is 6.94. The summed E-state index contributed by atoms with van der Waals surface area (Å²) in [4.78, 5) is 2.27. The molecule has 7 heteroatoms. The third kappa shape index (κ3) is 4.58. The Morgan fingerprint density at radius 2 is 1.75 bits per heavy atom. The Morgan fingerprint density at radius 3 is 2.33 bits per heavy atom. The number of phenols is 1. The van der Waals surface area contributed by atoms with E-state index in [1.807, 2.05) is 0 Å². The zero-order valence-electron chi connectivity index (χ0n) is 13.6. The van der Waals surface area contributed by atoms with E-state index >= 15 is 0 Å². The third-order valence-corrected chi connectivity index (χ3v) is 5.13. The fourth-order valence-corrected chi connectivity index (χ4v) is 3.15. The van der Waals surface area contributed by atoms with Crippen LogP contribution in [0.4, 0.5) is 0 Å². The Kier molecular flexibility index (Phi) is 5.35. The normalized spacial score (nSPS) is 12.5. The summed E-state index contributed by atoms with van der Waals surface area (Å²) in [6, 6.07) is 11.5. The Morgan fingerprint density at radius 1 is 1.12 bits per heavy atom. The zero-order chi connectivity index (χ0) is 18.0. The van der Waals surface area contributed by atoms with Crippen LogP contribution in [0.25, 0.3) is 0 Å². The van der Waals surface area contributed by atoms with Crippen molar-refractivity contribution in [3.05, 3.63) is 58.1 Å². The molecule has 2 aromatic rings. The highest BCUT2D eigenvalue weighted by molar-refractivity contribution is 9.10. The Balaban J connectivity index is 2.16. The number of hydrazone groups is 1. The lowest BCUT2D eigenvalue weighted by Crippen LogP contribution is -2.19. The number of hydrogen-bond donors (Lipinski definition) is 2. The van der Waals surface area contributed by atoms with E-state index in [2.05, 4.69) is 46.6 Å². The lowest BCUT2D eigenvalue weighted by molar-refractivity contribution is 0.474. The van der Waals surface area contributed by atoms with Gasteiger partial charge in [0, 0.05) is 10.0 Å². The Bertz CT molecular complexity index is 854. The predicted octanol–water partition coefficient (Wildman–Crippen LogP) is 3.76. The number of benzene rings is 2. The van der Waals surface area contributed by atoms with E-state index in [1.54, 1.807) is 36.4 Å². The van der Waals surface area contributed by atoms with Crippen molar-refractivity contribution >= 4 is 32.2 Å². The average molecular weight is 411 g/mol. The van der Waals surface area contributed by atoms with Crippen molar-refractivity contribution in [1.29, 1.82) is 0 Å². The molecule has 0 amide bonds. The van der Waals surface area contributed by atoms with E-state index < -0.39 is 10.0 Å². The molecule has 0 heterocycles. The molecule has 0 aromatic heterocycles. The van der Waals surface area contributed by atoms with E-state index in [-0.39, 0.29) is 16.1 Å². The molecule has 0 fully saturated rings. The van der Waals surface area contributed by atoms with Crippen LogP contribution in [0, 0.1) is 0 Å². The second-order valence-corrected chi connectivity index (χ2v) is 8.91. The number of nitrogens with one attached hydrogen (secondary N) is 1. The van der Waals surface area contributed by atoms with Gasteiger partial charge in [-0.3, -0.25) is 0 Å². The van der Waals surface area contributed by atoms with Crippen molar-refractivity contribution in [2.24, 2.45) is 5.10 Å². The van der Waals surface area contributed by atoms with Gasteiger partial charge in [0.15, 0.2) is 0 Å². The van der Waals surface area contributed by atoms with Gasteiger partial charge in [-0.2, -0.15) is 13.5 Å². The van der Waals surface area contributed by atoms with Gasteiger partial charge < -0.3 is 5.11 Å². The van der Waals surface area contributed by atoms with Gasteiger partial charge in [0.2, 0.25) is 0 Å². The van der Waals surface area contributed by atoms with Gasteiger partial charge in [0.1, 0.15) is 5.75 Å². The summed E-state index contributed by atoms with van der Waals surface area (Å²) in [6.45, 7) is 6.18. The first-order chi connectivity index (χ1) is 11.1. The number of nitrogens with zero attached hydrogens (tertiary/aromatic N) is 1. The lowest BCUT2D eigenvalue weighted by Gasteiger charge is -2.19. The quantitative estimate of drug-likeness (QED) is 0.594. The molecule has 5 nitrogen and oxygen atoms in total. The van der Waals surface area contributed by atoms with Crippen molar-refractivity contribution in [3.63, 3.8) is 0 Å². The highest BCUT2D eigenvalue weighted by Gasteiger charge is 2.17. The second-order valence-electron chi connectivity index (χ2n) is 6.33. The molecule has 0 aliphatic heterocycles. The van der Waals surface area contributed by atoms with Crippen LogP contribution in [0.15, 0.2) is 56.9 Å². The number of hydrogen-bond acceptors (Lipinski definition) is 4. The van der Waals surface area contributed by atoms with Gasteiger partial charge in [-0.05, 0) is 41.3 Å². The molecule has 0 aliphatic rings. The fraction of sp³-hybridized carbons (Fsp3) is 0.235. The molecule has 2 aromatic carbocycles. The molecule has 0 atom stereocenters. The van der Waals surface area contributed by atoms with Crippen LogP contribution >= 0.6 is 15.9 Å². The minimum absolute atomic E-state index is 0.00989. The molecule has 2 rings (SSSR count). The molecule has 0 unspecified atom stereocenters. The molecule has 0 bridgehead atoms. The summed E-state index contributed by atoms with van der Waals surface area (Å²) < 4.78 is 25.2. The topological polar surface area (TPSA) is 78.8 Å². The summed E-state index contributed by atoms with van der Waals surface area (Å²) in [6.07, 6.45) is 1.25. The molecule has 0 radical (unpaired) electrons. The first kappa shape index (κ1) is 18.5. The lowest BCUT2D eigenvalue weighted by atomic mass is 9.87. The monoisotopic (exact) mass is 410 g/mol. The van der Waals surface area contributed by atoms with Crippen LogP contribution in [0.5, 0.6) is 5.75 Å². The van der Waals surface area contributed by atoms with Crippen LogP contribution in [0.3, 0.4) is 0 Å². The van der Waals surface area contributed by atoms with Crippen LogP contribution in [-0.4, -0.2) is 19.7 Å². The van der Waals surface area contributed by atoms with E-state index in [1.165, 1.54) is 12.3 Å². The minimum atomic E-state index is -3.76. The molecule has 0 aliphatic carbocycles. The Hall–Kier alpha value is -1.86. The van der Waals surface area contributed by atoms with Crippen molar-refractivity contribution in [2.75, 3.05) is 0 Å². The van der Waals surface area contributed by atoms with Gasteiger partial charge in [-0.25, -0.2) is 4.83 Å². The van der Waals surface area contributed by atoms with Crippen LogP contribution < -0.4 is 4.83 Å². The molecular formula is C17H19BrN2O3S. The van der Waals surface area contributed by atoms with E-state index in [9.17, 15) is 13.5 Å². The third-order valence-electron chi connectivity index (χ3n) is 3.40. The average Bonchev–Trinajstić information content (AvgIpc) is 2.50.